The minimum atomic E-state index is -0.320. The second-order valence-corrected chi connectivity index (χ2v) is 7.06. The lowest BCUT2D eigenvalue weighted by Gasteiger charge is -2.35. The third-order valence-corrected chi connectivity index (χ3v) is 5.44. The normalized spacial score (nSPS) is 17.7. The summed E-state index contributed by atoms with van der Waals surface area (Å²) < 4.78 is 14.4. The van der Waals surface area contributed by atoms with Crippen LogP contribution < -0.4 is 5.84 Å². The van der Waals surface area contributed by atoms with E-state index in [1.165, 1.54) is 35.0 Å². The van der Waals surface area contributed by atoms with Crippen molar-refractivity contribution in [3.8, 4) is 11.4 Å². The summed E-state index contributed by atoms with van der Waals surface area (Å²) in [5, 5.41) is 8.58. The van der Waals surface area contributed by atoms with Crippen LogP contribution >= 0.6 is 11.8 Å². The summed E-state index contributed by atoms with van der Waals surface area (Å²) in [4.78, 5) is 14.5. The molecule has 0 spiro atoms. The first kappa shape index (κ1) is 17.7. The zero-order valence-electron chi connectivity index (χ0n) is 14.2. The molecule has 2 aromatic rings. The summed E-state index contributed by atoms with van der Waals surface area (Å²) in [6.45, 7) is 2.95. The predicted octanol–water partition coefficient (Wildman–Crippen LogP) is 2.68. The molecule has 1 atom stereocenters. The molecule has 3 rings (SSSR count). The number of rotatable bonds is 5. The molecular formula is C17H22FN5OS. The lowest BCUT2D eigenvalue weighted by molar-refractivity contribution is -0.132. The Morgan fingerprint density at radius 3 is 2.80 bits per heavy atom. The van der Waals surface area contributed by atoms with Crippen molar-refractivity contribution < 1.29 is 9.18 Å². The first-order valence-corrected chi connectivity index (χ1v) is 9.47. The number of carbonyl (C=O) groups excluding carboxylic acids is 1. The smallest absolute Gasteiger partial charge is 0.233 e. The fourth-order valence-corrected chi connectivity index (χ4v) is 3.88. The maximum atomic E-state index is 13.0. The second-order valence-electron chi connectivity index (χ2n) is 6.12. The van der Waals surface area contributed by atoms with E-state index in [0.29, 0.717) is 22.6 Å². The highest BCUT2D eigenvalue weighted by atomic mass is 32.2. The van der Waals surface area contributed by atoms with Gasteiger partial charge in [-0.1, -0.05) is 18.7 Å². The van der Waals surface area contributed by atoms with E-state index in [0.717, 1.165) is 25.8 Å². The van der Waals surface area contributed by atoms with Crippen LogP contribution in [-0.2, 0) is 4.79 Å². The van der Waals surface area contributed by atoms with Crippen LogP contribution in [0.1, 0.15) is 32.6 Å². The molecule has 134 valence electrons. The van der Waals surface area contributed by atoms with Gasteiger partial charge in [-0.15, -0.1) is 10.2 Å². The van der Waals surface area contributed by atoms with Crippen LogP contribution in [0.5, 0.6) is 0 Å². The number of nitrogens with two attached hydrogens (primary N) is 1. The SMILES string of the molecule is CCC1CCCCN1C(=O)CSc1nnc(-c2ccc(F)cc2)n1N. The molecule has 6 nitrogen and oxygen atoms in total. The number of benzene rings is 1. The molecule has 1 aliphatic rings. The Labute approximate surface area is 150 Å². The van der Waals surface area contributed by atoms with Crippen LogP contribution in [0.3, 0.4) is 0 Å². The highest BCUT2D eigenvalue weighted by Gasteiger charge is 2.25. The zero-order valence-corrected chi connectivity index (χ0v) is 15.0. The number of hydrogen-bond acceptors (Lipinski definition) is 5. The molecule has 0 radical (unpaired) electrons. The Morgan fingerprint density at radius 1 is 1.32 bits per heavy atom. The summed E-state index contributed by atoms with van der Waals surface area (Å²) >= 11 is 1.28. The van der Waals surface area contributed by atoms with Gasteiger partial charge < -0.3 is 10.7 Å². The van der Waals surface area contributed by atoms with Gasteiger partial charge in [0.2, 0.25) is 11.1 Å². The average Bonchev–Trinajstić information content (AvgIpc) is 3.01. The molecule has 2 heterocycles. The number of halogens is 1. The molecular weight excluding hydrogens is 341 g/mol. The van der Waals surface area contributed by atoms with Gasteiger partial charge in [0.15, 0.2) is 5.82 Å². The maximum absolute atomic E-state index is 13.0. The molecule has 8 heteroatoms. The van der Waals surface area contributed by atoms with Gasteiger partial charge in [0, 0.05) is 18.2 Å². The van der Waals surface area contributed by atoms with E-state index in [-0.39, 0.29) is 17.5 Å². The summed E-state index contributed by atoms with van der Waals surface area (Å²) in [6.07, 6.45) is 4.31. The largest absolute Gasteiger partial charge is 0.339 e. The van der Waals surface area contributed by atoms with Gasteiger partial charge in [-0.25, -0.2) is 9.07 Å². The van der Waals surface area contributed by atoms with Crippen molar-refractivity contribution in [3.05, 3.63) is 30.1 Å². The molecule has 0 aliphatic carbocycles. The highest BCUT2D eigenvalue weighted by Crippen LogP contribution is 2.24. The van der Waals surface area contributed by atoms with E-state index < -0.39 is 0 Å². The van der Waals surface area contributed by atoms with Crippen molar-refractivity contribution in [2.24, 2.45) is 0 Å². The van der Waals surface area contributed by atoms with Gasteiger partial charge in [-0.3, -0.25) is 4.79 Å². The molecule has 1 saturated heterocycles. The van der Waals surface area contributed by atoms with Crippen LogP contribution in [0.25, 0.3) is 11.4 Å². The molecule has 1 unspecified atom stereocenters. The number of likely N-dealkylation sites (tertiary alicyclic amines) is 1. The lowest BCUT2D eigenvalue weighted by atomic mass is 10.0. The van der Waals surface area contributed by atoms with Crippen LogP contribution in [0.15, 0.2) is 29.4 Å². The van der Waals surface area contributed by atoms with Crippen molar-refractivity contribution in [2.75, 3.05) is 18.1 Å². The molecule has 0 bridgehead atoms. The third kappa shape index (κ3) is 3.95. The summed E-state index contributed by atoms with van der Waals surface area (Å²) in [5.74, 6) is 6.57. The number of aromatic nitrogens is 3. The van der Waals surface area contributed by atoms with E-state index in [1.54, 1.807) is 12.1 Å². The topological polar surface area (TPSA) is 77.0 Å². The number of piperidine rings is 1. The molecule has 1 aromatic carbocycles. The van der Waals surface area contributed by atoms with Gasteiger partial charge >= 0.3 is 0 Å². The van der Waals surface area contributed by atoms with Gasteiger partial charge in [-0.05, 0) is 49.9 Å². The van der Waals surface area contributed by atoms with Gasteiger partial charge in [-0.2, -0.15) is 0 Å². The van der Waals surface area contributed by atoms with Crippen LogP contribution in [0, 0.1) is 5.82 Å². The van der Waals surface area contributed by atoms with E-state index in [9.17, 15) is 9.18 Å². The first-order chi connectivity index (χ1) is 12.1. The molecule has 1 fully saturated rings. The van der Waals surface area contributed by atoms with Gasteiger partial charge in [0.1, 0.15) is 5.82 Å². The molecule has 1 amide bonds. The fourth-order valence-electron chi connectivity index (χ4n) is 3.13. The van der Waals surface area contributed by atoms with Crippen LogP contribution in [0.2, 0.25) is 0 Å². The Balaban J connectivity index is 1.65. The summed E-state index contributed by atoms with van der Waals surface area (Å²) in [6, 6.07) is 6.24. The quantitative estimate of drug-likeness (QED) is 0.653. The summed E-state index contributed by atoms with van der Waals surface area (Å²) in [5.41, 5.74) is 0.677. The fraction of sp³-hybridized carbons (Fsp3) is 0.471. The highest BCUT2D eigenvalue weighted by molar-refractivity contribution is 7.99. The Bertz CT molecular complexity index is 733. The van der Waals surface area contributed by atoms with Crippen molar-refractivity contribution in [1.29, 1.82) is 0 Å². The molecule has 0 saturated carbocycles. The lowest BCUT2D eigenvalue weighted by Crippen LogP contribution is -2.44. The average molecular weight is 363 g/mol. The monoisotopic (exact) mass is 363 g/mol. The minimum Gasteiger partial charge on any atom is -0.339 e. The van der Waals surface area contributed by atoms with Crippen molar-refractivity contribution in [2.45, 2.75) is 43.8 Å². The standard InChI is InChI=1S/C17H22FN5OS/c1-2-14-5-3-4-10-22(14)15(24)11-25-17-21-20-16(23(17)19)12-6-8-13(18)9-7-12/h6-9,14H,2-5,10-11,19H2,1H3. The molecule has 1 aliphatic heterocycles. The number of hydrogen-bond donors (Lipinski definition) is 1. The van der Waals surface area contributed by atoms with Crippen molar-refractivity contribution in [1.82, 2.24) is 19.8 Å². The van der Waals surface area contributed by atoms with E-state index in [1.807, 2.05) is 4.90 Å². The van der Waals surface area contributed by atoms with Crippen molar-refractivity contribution in [3.63, 3.8) is 0 Å². The first-order valence-electron chi connectivity index (χ1n) is 8.49. The maximum Gasteiger partial charge on any atom is 0.233 e. The number of amides is 1. The molecule has 25 heavy (non-hydrogen) atoms. The van der Waals surface area contributed by atoms with Crippen molar-refractivity contribution >= 4 is 17.7 Å². The summed E-state index contributed by atoms with van der Waals surface area (Å²) in [7, 11) is 0. The second kappa shape index (κ2) is 7.86. The number of thioether (sulfide) groups is 1. The van der Waals surface area contributed by atoms with E-state index >= 15 is 0 Å². The Hall–Kier alpha value is -2.09. The number of carbonyl (C=O) groups is 1. The third-order valence-electron chi connectivity index (χ3n) is 4.51. The Kier molecular flexibility index (Phi) is 5.57. The van der Waals surface area contributed by atoms with Crippen LogP contribution in [0.4, 0.5) is 4.39 Å². The zero-order chi connectivity index (χ0) is 17.8. The number of nitrogen functional groups attached to an aromatic ring is 1. The van der Waals surface area contributed by atoms with Gasteiger partial charge in [0.25, 0.3) is 0 Å². The Morgan fingerprint density at radius 2 is 2.08 bits per heavy atom. The number of nitrogens with zero attached hydrogens (tertiary/aromatic N) is 4. The van der Waals surface area contributed by atoms with E-state index in [4.69, 9.17) is 5.84 Å². The molecule has 2 N–H and O–H groups in total. The van der Waals surface area contributed by atoms with E-state index in [2.05, 4.69) is 17.1 Å². The van der Waals surface area contributed by atoms with Crippen LogP contribution in [-0.4, -0.2) is 44.0 Å². The molecule has 1 aromatic heterocycles. The minimum absolute atomic E-state index is 0.114. The predicted molar refractivity (Wildman–Crippen MR) is 95.9 cm³/mol. The van der Waals surface area contributed by atoms with Gasteiger partial charge in [0.05, 0.1) is 5.75 Å².